The molecule has 20 heavy (non-hydrogen) atoms. The highest BCUT2D eigenvalue weighted by molar-refractivity contribution is 5.79. The molecule has 108 valence electrons. The van der Waals surface area contributed by atoms with Crippen molar-refractivity contribution in [1.29, 1.82) is 0 Å². The van der Waals surface area contributed by atoms with Crippen LogP contribution in [0.3, 0.4) is 0 Å². The number of urea groups is 1. The molecule has 6 heteroatoms. The lowest BCUT2D eigenvalue weighted by atomic mass is 10.0. The Kier molecular flexibility index (Phi) is 4.45. The molecule has 1 heterocycles. The van der Waals surface area contributed by atoms with Gasteiger partial charge in [-0.05, 0) is 24.1 Å². The van der Waals surface area contributed by atoms with Crippen molar-refractivity contribution in [1.82, 2.24) is 10.2 Å². The Labute approximate surface area is 117 Å². The average Bonchev–Trinajstić information content (AvgIpc) is 2.37. The molecule has 0 saturated carbocycles. The van der Waals surface area contributed by atoms with Crippen molar-refractivity contribution in [3.05, 3.63) is 29.8 Å². The number of rotatable bonds is 5. The first kappa shape index (κ1) is 14.2. The van der Waals surface area contributed by atoms with Gasteiger partial charge in [0.05, 0.1) is 13.0 Å². The normalized spacial score (nSPS) is 14.6. The van der Waals surface area contributed by atoms with Crippen molar-refractivity contribution in [3.8, 4) is 5.75 Å². The molecule has 1 aromatic carbocycles. The molecule has 0 atom stereocenters. The van der Waals surface area contributed by atoms with E-state index >= 15 is 0 Å². The number of benzene rings is 1. The standard InChI is InChI=1S/C14H18N2O4/c1-20-12-4-2-10(3-5-12)6-7-15-14(19)16-8-11(9-16)13(17)18/h2-5,11H,6-9H2,1H3,(H,15,19)(H,17,18). The highest BCUT2D eigenvalue weighted by Crippen LogP contribution is 2.15. The van der Waals surface area contributed by atoms with Gasteiger partial charge < -0.3 is 20.1 Å². The van der Waals surface area contributed by atoms with Gasteiger partial charge in [-0.1, -0.05) is 12.1 Å². The third kappa shape index (κ3) is 3.40. The Hall–Kier alpha value is -2.24. The van der Waals surface area contributed by atoms with Crippen LogP contribution in [0.4, 0.5) is 4.79 Å². The van der Waals surface area contributed by atoms with Gasteiger partial charge in [-0.3, -0.25) is 4.79 Å². The van der Waals surface area contributed by atoms with Crippen LogP contribution < -0.4 is 10.1 Å². The molecular formula is C14H18N2O4. The van der Waals surface area contributed by atoms with Gasteiger partial charge in [-0.2, -0.15) is 0 Å². The van der Waals surface area contributed by atoms with Crippen molar-refractivity contribution >= 4 is 12.0 Å². The number of carbonyl (C=O) groups excluding carboxylic acids is 1. The number of hydrogen-bond donors (Lipinski definition) is 2. The van der Waals surface area contributed by atoms with Gasteiger partial charge in [0, 0.05) is 19.6 Å². The molecular weight excluding hydrogens is 260 g/mol. The highest BCUT2D eigenvalue weighted by Gasteiger charge is 2.35. The second-order valence-electron chi connectivity index (χ2n) is 4.77. The van der Waals surface area contributed by atoms with Crippen LogP contribution in [0, 0.1) is 5.92 Å². The molecule has 0 aliphatic carbocycles. The number of amides is 2. The van der Waals surface area contributed by atoms with Crippen molar-refractivity contribution in [3.63, 3.8) is 0 Å². The highest BCUT2D eigenvalue weighted by atomic mass is 16.5. The lowest BCUT2D eigenvalue weighted by Gasteiger charge is -2.36. The summed E-state index contributed by atoms with van der Waals surface area (Å²) in [6.07, 6.45) is 0.728. The molecule has 1 aliphatic rings. The topological polar surface area (TPSA) is 78.9 Å². The minimum atomic E-state index is -0.840. The number of carbonyl (C=O) groups is 2. The van der Waals surface area contributed by atoms with Gasteiger partial charge in [0.25, 0.3) is 0 Å². The molecule has 2 N–H and O–H groups in total. The van der Waals surface area contributed by atoms with Crippen LogP contribution in [0.15, 0.2) is 24.3 Å². The Morgan fingerprint density at radius 1 is 1.35 bits per heavy atom. The van der Waals surface area contributed by atoms with E-state index in [1.165, 1.54) is 4.90 Å². The maximum absolute atomic E-state index is 11.7. The Morgan fingerprint density at radius 2 is 2.00 bits per heavy atom. The molecule has 1 fully saturated rings. The lowest BCUT2D eigenvalue weighted by molar-refractivity contribution is -0.146. The minimum Gasteiger partial charge on any atom is -0.497 e. The Balaban J connectivity index is 1.68. The molecule has 0 spiro atoms. The summed E-state index contributed by atoms with van der Waals surface area (Å²) in [4.78, 5) is 23.8. The number of hydrogen-bond acceptors (Lipinski definition) is 3. The van der Waals surface area contributed by atoms with E-state index in [4.69, 9.17) is 9.84 Å². The molecule has 0 unspecified atom stereocenters. The number of methoxy groups -OCH3 is 1. The van der Waals surface area contributed by atoms with Crippen molar-refractivity contribution in [2.24, 2.45) is 5.92 Å². The fourth-order valence-corrected chi connectivity index (χ4v) is 2.02. The van der Waals surface area contributed by atoms with Crippen LogP contribution in [0.25, 0.3) is 0 Å². The summed E-state index contributed by atoms with van der Waals surface area (Å²) in [7, 11) is 1.62. The third-order valence-electron chi connectivity index (χ3n) is 3.37. The smallest absolute Gasteiger partial charge is 0.317 e. The van der Waals surface area contributed by atoms with Crippen molar-refractivity contribution in [2.75, 3.05) is 26.7 Å². The van der Waals surface area contributed by atoms with Crippen LogP contribution in [-0.4, -0.2) is 48.8 Å². The van der Waals surface area contributed by atoms with E-state index in [0.29, 0.717) is 19.6 Å². The molecule has 6 nitrogen and oxygen atoms in total. The molecule has 2 rings (SSSR count). The minimum absolute atomic E-state index is 0.198. The van der Waals surface area contributed by atoms with E-state index in [-0.39, 0.29) is 6.03 Å². The predicted molar refractivity (Wildman–Crippen MR) is 72.8 cm³/mol. The van der Waals surface area contributed by atoms with E-state index in [9.17, 15) is 9.59 Å². The number of nitrogens with one attached hydrogen (secondary N) is 1. The summed E-state index contributed by atoms with van der Waals surface area (Å²) in [5.74, 6) is -0.451. The van der Waals surface area contributed by atoms with Gasteiger partial charge >= 0.3 is 12.0 Å². The third-order valence-corrected chi connectivity index (χ3v) is 3.37. The van der Waals surface area contributed by atoms with Gasteiger partial charge in [-0.15, -0.1) is 0 Å². The van der Waals surface area contributed by atoms with Crippen molar-refractivity contribution in [2.45, 2.75) is 6.42 Å². The first-order valence-electron chi connectivity index (χ1n) is 6.48. The van der Waals surface area contributed by atoms with Crippen molar-refractivity contribution < 1.29 is 19.4 Å². The maximum atomic E-state index is 11.7. The summed E-state index contributed by atoms with van der Waals surface area (Å²) in [5.41, 5.74) is 1.11. The number of ether oxygens (including phenoxy) is 1. The summed E-state index contributed by atoms with van der Waals surface area (Å²) in [6.45, 7) is 1.12. The SMILES string of the molecule is COc1ccc(CCNC(=O)N2CC(C(=O)O)C2)cc1. The molecule has 1 aromatic rings. The Bertz CT molecular complexity index is 480. The summed E-state index contributed by atoms with van der Waals surface area (Å²) >= 11 is 0. The summed E-state index contributed by atoms with van der Waals surface area (Å²) in [6, 6.07) is 7.47. The quantitative estimate of drug-likeness (QED) is 0.841. The summed E-state index contributed by atoms with van der Waals surface area (Å²) in [5, 5.41) is 11.5. The van der Waals surface area contributed by atoms with Gasteiger partial charge in [0.2, 0.25) is 0 Å². The number of aliphatic carboxylic acids is 1. The predicted octanol–water partition coefficient (Wildman–Crippen LogP) is 0.964. The number of carboxylic acid groups (broad SMARTS) is 1. The second-order valence-corrected chi connectivity index (χ2v) is 4.77. The molecule has 0 aromatic heterocycles. The fourth-order valence-electron chi connectivity index (χ4n) is 2.02. The van der Waals surface area contributed by atoms with Gasteiger partial charge in [-0.25, -0.2) is 4.79 Å². The van der Waals surface area contributed by atoms with E-state index in [1.54, 1.807) is 7.11 Å². The zero-order valence-corrected chi connectivity index (χ0v) is 11.3. The number of carboxylic acids is 1. The zero-order valence-electron chi connectivity index (χ0n) is 11.3. The van der Waals surface area contributed by atoms with Crippen LogP contribution >= 0.6 is 0 Å². The van der Waals surface area contributed by atoms with Gasteiger partial charge in [0.1, 0.15) is 5.75 Å². The summed E-state index contributed by atoms with van der Waals surface area (Å²) < 4.78 is 5.07. The molecule has 1 saturated heterocycles. The lowest BCUT2D eigenvalue weighted by Crippen LogP contribution is -2.56. The van der Waals surface area contributed by atoms with Crippen LogP contribution in [-0.2, 0) is 11.2 Å². The first-order chi connectivity index (χ1) is 9.60. The molecule has 2 amide bonds. The average molecular weight is 278 g/mol. The van der Waals surface area contributed by atoms with Crippen LogP contribution in [0.2, 0.25) is 0 Å². The zero-order chi connectivity index (χ0) is 14.5. The van der Waals surface area contributed by atoms with E-state index < -0.39 is 11.9 Å². The first-order valence-corrected chi connectivity index (χ1v) is 6.48. The van der Waals surface area contributed by atoms with Crippen LogP contribution in [0.5, 0.6) is 5.75 Å². The number of nitrogens with zero attached hydrogens (tertiary/aromatic N) is 1. The monoisotopic (exact) mass is 278 g/mol. The molecule has 1 aliphatic heterocycles. The van der Waals surface area contributed by atoms with E-state index in [2.05, 4.69) is 5.32 Å². The number of likely N-dealkylation sites (tertiary alicyclic amines) is 1. The van der Waals surface area contributed by atoms with Gasteiger partial charge in [0.15, 0.2) is 0 Å². The second kappa shape index (κ2) is 6.27. The molecule has 0 radical (unpaired) electrons. The maximum Gasteiger partial charge on any atom is 0.317 e. The fraction of sp³-hybridized carbons (Fsp3) is 0.429. The largest absolute Gasteiger partial charge is 0.497 e. The molecule has 0 bridgehead atoms. The van der Waals surface area contributed by atoms with Crippen LogP contribution in [0.1, 0.15) is 5.56 Å². The Morgan fingerprint density at radius 3 is 2.55 bits per heavy atom. The van der Waals surface area contributed by atoms with E-state index in [1.807, 2.05) is 24.3 Å². The van der Waals surface area contributed by atoms with E-state index in [0.717, 1.165) is 17.7 Å².